The molecular weight excluding hydrogens is 197 g/mol. The van der Waals surface area contributed by atoms with Crippen molar-refractivity contribution in [2.75, 3.05) is 5.75 Å². The summed E-state index contributed by atoms with van der Waals surface area (Å²) in [6.45, 7) is 4.21. The summed E-state index contributed by atoms with van der Waals surface area (Å²) < 4.78 is 12.6. The zero-order valence-corrected chi connectivity index (χ0v) is 9.35. The first-order chi connectivity index (χ1) is 6.59. The predicted octanol–water partition coefficient (Wildman–Crippen LogP) is 2.90. The third kappa shape index (κ3) is 3.68. The number of benzene rings is 1. The van der Waals surface area contributed by atoms with Gasteiger partial charge in [0.05, 0.1) is 0 Å². The molecule has 0 saturated carbocycles. The average molecular weight is 213 g/mol. The van der Waals surface area contributed by atoms with Gasteiger partial charge in [0.1, 0.15) is 5.82 Å². The molecule has 0 fully saturated rings. The number of hydrogen-bond acceptors (Lipinski definition) is 2. The Morgan fingerprint density at radius 1 is 1.29 bits per heavy atom. The lowest BCUT2D eigenvalue weighted by Crippen LogP contribution is -2.28. The second-order valence-corrected chi connectivity index (χ2v) is 4.77. The molecule has 0 aliphatic carbocycles. The van der Waals surface area contributed by atoms with Crippen molar-refractivity contribution in [1.82, 2.24) is 0 Å². The fourth-order valence-electron chi connectivity index (χ4n) is 0.916. The van der Waals surface area contributed by atoms with Crippen molar-refractivity contribution in [3.63, 3.8) is 0 Å². The van der Waals surface area contributed by atoms with Gasteiger partial charge < -0.3 is 5.73 Å². The van der Waals surface area contributed by atoms with E-state index in [0.717, 1.165) is 10.6 Å². The first kappa shape index (κ1) is 11.5. The summed E-state index contributed by atoms with van der Waals surface area (Å²) in [5, 5.41) is 0. The van der Waals surface area contributed by atoms with Crippen LogP contribution in [0.1, 0.15) is 13.8 Å². The van der Waals surface area contributed by atoms with E-state index in [1.807, 2.05) is 0 Å². The van der Waals surface area contributed by atoms with Crippen molar-refractivity contribution in [1.29, 1.82) is 0 Å². The Morgan fingerprint density at radius 2 is 1.86 bits per heavy atom. The van der Waals surface area contributed by atoms with E-state index in [1.165, 1.54) is 12.1 Å². The van der Waals surface area contributed by atoms with Crippen LogP contribution in [-0.2, 0) is 0 Å². The Kier molecular flexibility index (Phi) is 4.42. The van der Waals surface area contributed by atoms with Crippen LogP contribution < -0.4 is 5.73 Å². The molecule has 0 heterocycles. The summed E-state index contributed by atoms with van der Waals surface area (Å²) >= 11 is 1.67. The molecule has 14 heavy (non-hydrogen) atoms. The van der Waals surface area contributed by atoms with Crippen LogP contribution in [0.2, 0.25) is 0 Å². The highest BCUT2D eigenvalue weighted by atomic mass is 32.2. The summed E-state index contributed by atoms with van der Waals surface area (Å²) in [6, 6.07) is 6.72. The minimum Gasteiger partial charge on any atom is -0.327 e. The smallest absolute Gasteiger partial charge is 0.123 e. The number of nitrogens with two attached hydrogens (primary N) is 1. The van der Waals surface area contributed by atoms with Crippen molar-refractivity contribution < 1.29 is 4.39 Å². The third-order valence-corrected chi connectivity index (χ3v) is 3.27. The van der Waals surface area contributed by atoms with Crippen molar-refractivity contribution >= 4 is 11.8 Å². The molecule has 0 aliphatic heterocycles. The van der Waals surface area contributed by atoms with Crippen LogP contribution in [0, 0.1) is 11.7 Å². The van der Waals surface area contributed by atoms with Gasteiger partial charge in [-0.1, -0.05) is 13.8 Å². The van der Waals surface area contributed by atoms with Crippen LogP contribution in [0.25, 0.3) is 0 Å². The molecule has 1 aromatic carbocycles. The van der Waals surface area contributed by atoms with Gasteiger partial charge in [-0.05, 0) is 30.2 Å². The lowest BCUT2D eigenvalue weighted by molar-refractivity contribution is 0.535. The van der Waals surface area contributed by atoms with Gasteiger partial charge in [-0.2, -0.15) is 0 Å². The van der Waals surface area contributed by atoms with Crippen LogP contribution >= 0.6 is 11.8 Å². The number of halogens is 1. The van der Waals surface area contributed by atoms with Crippen molar-refractivity contribution in [3.05, 3.63) is 30.1 Å². The number of rotatable bonds is 4. The van der Waals surface area contributed by atoms with E-state index in [9.17, 15) is 4.39 Å². The molecular formula is C11H16FNS. The Labute approximate surface area is 88.9 Å². The second kappa shape index (κ2) is 5.37. The molecule has 0 aromatic heterocycles. The molecule has 0 amide bonds. The van der Waals surface area contributed by atoms with Gasteiger partial charge in [0.25, 0.3) is 0 Å². The highest BCUT2D eigenvalue weighted by Crippen LogP contribution is 2.20. The lowest BCUT2D eigenvalue weighted by Gasteiger charge is -2.14. The zero-order chi connectivity index (χ0) is 10.6. The van der Waals surface area contributed by atoms with Crippen molar-refractivity contribution in [2.24, 2.45) is 11.7 Å². The van der Waals surface area contributed by atoms with Crippen molar-refractivity contribution in [3.8, 4) is 0 Å². The van der Waals surface area contributed by atoms with Crippen LogP contribution in [-0.4, -0.2) is 11.8 Å². The summed E-state index contributed by atoms with van der Waals surface area (Å²) in [6.07, 6.45) is 0. The average Bonchev–Trinajstić information content (AvgIpc) is 2.16. The topological polar surface area (TPSA) is 26.0 Å². The van der Waals surface area contributed by atoms with E-state index < -0.39 is 0 Å². The molecule has 1 nitrogen and oxygen atoms in total. The molecule has 3 heteroatoms. The standard InChI is InChI=1S/C11H16FNS/c1-8(2)11(13)7-14-10-5-3-9(12)4-6-10/h3-6,8,11H,7,13H2,1-2H3. The van der Waals surface area contributed by atoms with Crippen LogP contribution in [0.15, 0.2) is 29.2 Å². The molecule has 78 valence electrons. The van der Waals surface area contributed by atoms with E-state index in [-0.39, 0.29) is 11.9 Å². The molecule has 1 aromatic rings. The minimum atomic E-state index is -0.192. The third-order valence-electron chi connectivity index (χ3n) is 2.11. The fraction of sp³-hybridized carbons (Fsp3) is 0.455. The monoisotopic (exact) mass is 213 g/mol. The van der Waals surface area contributed by atoms with E-state index in [4.69, 9.17) is 5.73 Å². The highest BCUT2D eigenvalue weighted by Gasteiger charge is 2.07. The largest absolute Gasteiger partial charge is 0.327 e. The molecule has 1 rings (SSSR count). The summed E-state index contributed by atoms with van der Waals surface area (Å²) in [5.74, 6) is 1.17. The molecule has 0 spiro atoms. The molecule has 0 aliphatic rings. The number of thioether (sulfide) groups is 1. The van der Waals surface area contributed by atoms with Gasteiger partial charge in [0.2, 0.25) is 0 Å². The maximum atomic E-state index is 12.6. The maximum absolute atomic E-state index is 12.6. The quantitative estimate of drug-likeness (QED) is 0.778. The summed E-state index contributed by atoms with van der Waals surface area (Å²) in [7, 11) is 0. The normalized spacial score (nSPS) is 13.2. The highest BCUT2D eigenvalue weighted by molar-refractivity contribution is 7.99. The van der Waals surface area contributed by atoms with Gasteiger partial charge in [0.15, 0.2) is 0 Å². The van der Waals surface area contributed by atoms with E-state index in [0.29, 0.717) is 5.92 Å². The molecule has 2 N–H and O–H groups in total. The van der Waals surface area contributed by atoms with Crippen molar-refractivity contribution in [2.45, 2.75) is 24.8 Å². The number of hydrogen-bond donors (Lipinski definition) is 1. The second-order valence-electron chi connectivity index (χ2n) is 3.67. The minimum absolute atomic E-state index is 0.192. The van der Waals surface area contributed by atoms with Gasteiger partial charge in [-0.25, -0.2) is 4.39 Å². The lowest BCUT2D eigenvalue weighted by atomic mass is 10.1. The van der Waals surface area contributed by atoms with Gasteiger partial charge in [0, 0.05) is 16.7 Å². The first-order valence-corrected chi connectivity index (χ1v) is 5.72. The summed E-state index contributed by atoms with van der Waals surface area (Å²) in [4.78, 5) is 1.07. The fourth-order valence-corrected chi connectivity index (χ4v) is 2.01. The van der Waals surface area contributed by atoms with Gasteiger partial charge in [-0.3, -0.25) is 0 Å². The van der Waals surface area contributed by atoms with Crippen LogP contribution in [0.4, 0.5) is 4.39 Å². The van der Waals surface area contributed by atoms with E-state index in [2.05, 4.69) is 13.8 Å². The van der Waals surface area contributed by atoms with Gasteiger partial charge >= 0.3 is 0 Å². The maximum Gasteiger partial charge on any atom is 0.123 e. The Hall–Kier alpha value is -0.540. The zero-order valence-electron chi connectivity index (χ0n) is 8.53. The molecule has 0 saturated heterocycles. The van der Waals surface area contributed by atoms with E-state index >= 15 is 0 Å². The van der Waals surface area contributed by atoms with Crippen LogP contribution in [0.5, 0.6) is 0 Å². The van der Waals surface area contributed by atoms with E-state index in [1.54, 1.807) is 23.9 Å². The molecule has 0 bridgehead atoms. The first-order valence-electron chi connectivity index (χ1n) is 4.73. The molecule has 1 atom stereocenters. The summed E-state index contributed by atoms with van der Waals surface area (Å²) in [5.41, 5.74) is 5.90. The Balaban J connectivity index is 2.42. The SMILES string of the molecule is CC(C)C(N)CSc1ccc(F)cc1. The van der Waals surface area contributed by atoms with Crippen LogP contribution in [0.3, 0.4) is 0 Å². The Morgan fingerprint density at radius 3 is 2.36 bits per heavy atom. The predicted molar refractivity (Wildman–Crippen MR) is 59.9 cm³/mol. The molecule has 0 radical (unpaired) electrons. The Bertz CT molecular complexity index is 271. The van der Waals surface area contributed by atoms with Gasteiger partial charge in [-0.15, -0.1) is 11.8 Å². The molecule has 1 unspecified atom stereocenters.